The van der Waals surface area contributed by atoms with Crippen LogP contribution in [0.3, 0.4) is 0 Å². The Morgan fingerprint density at radius 2 is 1.88 bits per heavy atom. The summed E-state index contributed by atoms with van der Waals surface area (Å²) in [4.78, 5) is 16.8. The first-order valence-electron chi connectivity index (χ1n) is 7.84. The van der Waals surface area contributed by atoms with Crippen LogP contribution in [-0.4, -0.2) is 40.9 Å². The molecule has 0 aliphatic rings. The number of methoxy groups -OCH3 is 1. The quantitative estimate of drug-likeness (QED) is 0.599. The zero-order chi connectivity index (χ0) is 18.5. The fourth-order valence-corrected chi connectivity index (χ4v) is 2.69. The predicted octanol–water partition coefficient (Wildman–Crippen LogP) is 3.73. The number of rotatable bonds is 6. The molecule has 3 aromatic rings. The summed E-state index contributed by atoms with van der Waals surface area (Å²) in [6, 6.07) is 14.8. The van der Waals surface area contributed by atoms with Crippen LogP contribution in [0.15, 0.2) is 53.0 Å². The lowest BCUT2D eigenvalue weighted by atomic mass is 10.2. The minimum atomic E-state index is -0.354. The SMILES string of the molecule is COCCNC(=O)c1nc(-c2ccc(Cl)cc2)n(-c2ccc(Br)cc2)n1. The number of halogens is 2. The molecule has 1 heterocycles. The summed E-state index contributed by atoms with van der Waals surface area (Å²) in [5.74, 6) is 0.294. The molecule has 1 amide bonds. The van der Waals surface area contributed by atoms with Gasteiger partial charge < -0.3 is 10.1 Å². The van der Waals surface area contributed by atoms with E-state index in [1.165, 1.54) is 0 Å². The lowest BCUT2D eigenvalue weighted by molar-refractivity contribution is 0.0927. The van der Waals surface area contributed by atoms with Gasteiger partial charge in [0, 0.05) is 28.7 Å². The van der Waals surface area contributed by atoms with Gasteiger partial charge in [-0.3, -0.25) is 4.79 Å². The van der Waals surface area contributed by atoms with E-state index in [2.05, 4.69) is 31.3 Å². The molecule has 0 unspecified atom stereocenters. The molecule has 0 bridgehead atoms. The van der Waals surface area contributed by atoms with Crippen molar-refractivity contribution in [1.82, 2.24) is 20.1 Å². The van der Waals surface area contributed by atoms with Crippen molar-refractivity contribution in [3.63, 3.8) is 0 Å². The number of carbonyl (C=O) groups is 1. The predicted molar refractivity (Wildman–Crippen MR) is 104 cm³/mol. The number of amides is 1. The van der Waals surface area contributed by atoms with Crippen molar-refractivity contribution in [2.24, 2.45) is 0 Å². The zero-order valence-corrected chi connectivity index (χ0v) is 16.3. The standard InChI is InChI=1S/C18H16BrClN4O2/c1-26-11-10-21-18(25)16-22-17(12-2-6-14(20)7-3-12)24(23-16)15-8-4-13(19)5-9-15/h2-9H,10-11H2,1H3,(H,21,25). The molecule has 0 saturated carbocycles. The molecule has 3 rings (SSSR count). The molecule has 1 aromatic heterocycles. The first-order chi connectivity index (χ1) is 12.6. The van der Waals surface area contributed by atoms with Crippen LogP contribution in [-0.2, 0) is 4.74 Å². The highest BCUT2D eigenvalue weighted by Crippen LogP contribution is 2.24. The molecule has 26 heavy (non-hydrogen) atoms. The first kappa shape index (κ1) is 18.6. The fraction of sp³-hybridized carbons (Fsp3) is 0.167. The smallest absolute Gasteiger partial charge is 0.291 e. The zero-order valence-electron chi connectivity index (χ0n) is 13.9. The van der Waals surface area contributed by atoms with Crippen molar-refractivity contribution < 1.29 is 9.53 Å². The van der Waals surface area contributed by atoms with Gasteiger partial charge in [-0.25, -0.2) is 9.67 Å². The second-order valence-corrected chi connectivity index (χ2v) is 6.75. The van der Waals surface area contributed by atoms with Gasteiger partial charge in [0.2, 0.25) is 5.82 Å². The Balaban J connectivity index is 2.01. The summed E-state index contributed by atoms with van der Waals surface area (Å²) >= 11 is 9.39. The second kappa shape index (κ2) is 8.44. The lowest BCUT2D eigenvalue weighted by Crippen LogP contribution is -2.28. The Hall–Kier alpha value is -2.22. The van der Waals surface area contributed by atoms with E-state index < -0.39 is 0 Å². The molecular weight excluding hydrogens is 420 g/mol. The maximum Gasteiger partial charge on any atom is 0.291 e. The maximum absolute atomic E-state index is 12.3. The van der Waals surface area contributed by atoms with Crippen molar-refractivity contribution in [2.45, 2.75) is 0 Å². The molecule has 0 fully saturated rings. The Kier molecular flexibility index (Phi) is 6.03. The highest BCUT2D eigenvalue weighted by Gasteiger charge is 2.18. The van der Waals surface area contributed by atoms with Crippen molar-refractivity contribution in [3.8, 4) is 17.1 Å². The van der Waals surface area contributed by atoms with E-state index in [9.17, 15) is 4.79 Å². The number of ether oxygens (including phenoxy) is 1. The first-order valence-corrected chi connectivity index (χ1v) is 9.01. The van der Waals surface area contributed by atoms with Gasteiger partial charge in [0.05, 0.1) is 12.3 Å². The molecule has 0 aliphatic heterocycles. The lowest BCUT2D eigenvalue weighted by Gasteiger charge is -2.06. The summed E-state index contributed by atoms with van der Waals surface area (Å²) in [6.45, 7) is 0.807. The van der Waals surface area contributed by atoms with Crippen LogP contribution in [0.2, 0.25) is 5.02 Å². The topological polar surface area (TPSA) is 69.0 Å². The maximum atomic E-state index is 12.3. The molecule has 6 nitrogen and oxygen atoms in total. The summed E-state index contributed by atoms with van der Waals surface area (Å²) in [5.41, 5.74) is 1.60. The van der Waals surface area contributed by atoms with Gasteiger partial charge in [0.25, 0.3) is 5.91 Å². The molecule has 0 spiro atoms. The van der Waals surface area contributed by atoms with E-state index in [1.807, 2.05) is 36.4 Å². The van der Waals surface area contributed by atoms with Crippen molar-refractivity contribution in [1.29, 1.82) is 0 Å². The number of aromatic nitrogens is 3. The van der Waals surface area contributed by atoms with E-state index in [1.54, 1.807) is 23.9 Å². The van der Waals surface area contributed by atoms with Crippen LogP contribution >= 0.6 is 27.5 Å². The monoisotopic (exact) mass is 434 g/mol. The Labute approximate surface area is 164 Å². The van der Waals surface area contributed by atoms with E-state index in [0.717, 1.165) is 15.7 Å². The largest absolute Gasteiger partial charge is 0.383 e. The second-order valence-electron chi connectivity index (χ2n) is 5.40. The number of nitrogens with zero attached hydrogens (tertiary/aromatic N) is 3. The van der Waals surface area contributed by atoms with Crippen LogP contribution < -0.4 is 5.32 Å². The number of carbonyl (C=O) groups excluding carboxylic acids is 1. The Bertz CT molecular complexity index is 832. The van der Waals surface area contributed by atoms with Crippen molar-refractivity contribution >= 4 is 33.4 Å². The molecule has 8 heteroatoms. The van der Waals surface area contributed by atoms with E-state index in [-0.39, 0.29) is 11.7 Å². The third-order valence-corrected chi connectivity index (χ3v) is 4.36. The number of hydrogen-bond donors (Lipinski definition) is 1. The van der Waals surface area contributed by atoms with Crippen molar-refractivity contribution in [3.05, 3.63) is 63.9 Å². The van der Waals surface area contributed by atoms with Gasteiger partial charge >= 0.3 is 0 Å². The third-order valence-electron chi connectivity index (χ3n) is 3.58. The molecule has 2 aromatic carbocycles. The summed E-state index contributed by atoms with van der Waals surface area (Å²) in [6.07, 6.45) is 0. The average Bonchev–Trinajstić information content (AvgIpc) is 3.08. The van der Waals surface area contributed by atoms with E-state index in [4.69, 9.17) is 16.3 Å². The van der Waals surface area contributed by atoms with Crippen molar-refractivity contribution in [2.75, 3.05) is 20.3 Å². The van der Waals surface area contributed by atoms with Gasteiger partial charge in [0.1, 0.15) is 0 Å². The Morgan fingerprint density at radius 1 is 1.19 bits per heavy atom. The summed E-state index contributed by atoms with van der Waals surface area (Å²) in [5, 5.41) is 7.75. The van der Waals surface area contributed by atoms with Gasteiger partial charge in [-0.05, 0) is 48.5 Å². The summed E-state index contributed by atoms with van der Waals surface area (Å²) in [7, 11) is 1.57. The minimum Gasteiger partial charge on any atom is -0.383 e. The Morgan fingerprint density at radius 3 is 2.54 bits per heavy atom. The van der Waals surface area contributed by atoms with Crippen LogP contribution in [0.5, 0.6) is 0 Å². The van der Waals surface area contributed by atoms with Gasteiger partial charge in [-0.2, -0.15) is 0 Å². The molecular formula is C18H16BrClN4O2. The average molecular weight is 436 g/mol. The van der Waals surface area contributed by atoms with Gasteiger partial charge in [-0.1, -0.05) is 27.5 Å². The normalized spacial score (nSPS) is 10.7. The number of nitrogens with one attached hydrogen (secondary N) is 1. The molecule has 134 valence electrons. The number of benzene rings is 2. The molecule has 0 radical (unpaired) electrons. The van der Waals surface area contributed by atoms with Crippen LogP contribution in [0.25, 0.3) is 17.1 Å². The highest BCUT2D eigenvalue weighted by molar-refractivity contribution is 9.10. The fourth-order valence-electron chi connectivity index (χ4n) is 2.30. The highest BCUT2D eigenvalue weighted by atomic mass is 79.9. The molecule has 0 atom stereocenters. The number of hydrogen-bond acceptors (Lipinski definition) is 4. The van der Waals surface area contributed by atoms with E-state index >= 15 is 0 Å². The third kappa shape index (κ3) is 4.30. The molecule has 1 N–H and O–H groups in total. The minimum absolute atomic E-state index is 0.0916. The molecule has 0 saturated heterocycles. The van der Waals surface area contributed by atoms with Crippen LogP contribution in [0.4, 0.5) is 0 Å². The summed E-state index contributed by atoms with van der Waals surface area (Å²) < 4.78 is 7.53. The van der Waals surface area contributed by atoms with Gasteiger partial charge in [0.15, 0.2) is 5.82 Å². The van der Waals surface area contributed by atoms with E-state index in [0.29, 0.717) is 24.0 Å². The van der Waals surface area contributed by atoms with Crippen LogP contribution in [0, 0.1) is 0 Å². The van der Waals surface area contributed by atoms with Crippen LogP contribution in [0.1, 0.15) is 10.6 Å². The van der Waals surface area contributed by atoms with Gasteiger partial charge in [-0.15, -0.1) is 5.10 Å². The molecule has 0 aliphatic carbocycles.